The van der Waals surface area contributed by atoms with Crippen molar-refractivity contribution in [3.8, 4) is 0 Å². The van der Waals surface area contributed by atoms with E-state index in [1.165, 1.54) is 109 Å². The molecule has 1 aliphatic rings. The first kappa shape index (κ1) is 49.3. The van der Waals surface area contributed by atoms with Gasteiger partial charge in [-0.2, -0.15) is 18.3 Å². The molecule has 0 saturated heterocycles. The Hall–Kier alpha value is -6.96. The van der Waals surface area contributed by atoms with E-state index in [2.05, 4.69) is 256 Å². The maximum Gasteiger partial charge on any atom is 0.248 e. The van der Waals surface area contributed by atoms with E-state index in [1.54, 1.807) is 0 Å². The van der Waals surface area contributed by atoms with Crippen molar-refractivity contribution in [1.29, 1.82) is 0 Å². The van der Waals surface area contributed by atoms with Crippen molar-refractivity contribution in [3.05, 3.63) is 242 Å². The van der Waals surface area contributed by atoms with Crippen LogP contribution in [-0.4, -0.2) is 18.3 Å². The molecule has 14 aromatic rings. The number of imidazole rings is 4. The molecule has 0 N–H and O–H groups in total. The van der Waals surface area contributed by atoms with Crippen molar-refractivity contribution in [2.45, 2.75) is 39.5 Å². The Morgan fingerprint density at radius 3 is 0.757 bits per heavy atom. The normalized spacial score (nSPS) is 12.6. The fraction of sp³-hybridized carbons (Fsp3) is 0.0968. The van der Waals surface area contributed by atoms with E-state index in [4.69, 9.17) is 0 Å². The molecule has 0 aliphatic carbocycles. The fourth-order valence-corrected chi connectivity index (χ4v) is 11.9. The Labute approximate surface area is 469 Å². The number of fused-ring (bicyclic) bond motifs is 20. The number of rotatable bonds is 0. The first-order valence-corrected chi connectivity index (χ1v) is 24.4. The third kappa shape index (κ3) is 8.14. The van der Waals surface area contributed by atoms with Gasteiger partial charge in [-0.3, -0.25) is 0 Å². The molecule has 0 saturated carbocycles. The van der Waals surface area contributed by atoms with Gasteiger partial charge in [0.15, 0.2) is 44.1 Å². The lowest BCUT2D eigenvalue weighted by Crippen LogP contribution is -3.00. The van der Waals surface area contributed by atoms with Crippen LogP contribution in [0.1, 0.15) is 22.3 Å². The van der Waals surface area contributed by atoms with Crippen LogP contribution in [0.25, 0.3) is 87.2 Å². The van der Waals surface area contributed by atoms with Gasteiger partial charge in [0, 0.05) is 22.3 Å². The van der Waals surface area contributed by atoms with Crippen LogP contribution in [0.3, 0.4) is 0 Å². The summed E-state index contributed by atoms with van der Waals surface area (Å²) < 4.78 is 19.4. The quantitative estimate of drug-likeness (QED) is 0.136. The average molecular weight is 1220 g/mol. The van der Waals surface area contributed by atoms with Crippen molar-refractivity contribution in [1.82, 2.24) is 18.3 Å². The van der Waals surface area contributed by atoms with Gasteiger partial charge in [-0.15, -0.1) is 0 Å². The minimum absolute atomic E-state index is 0. The van der Waals surface area contributed by atoms with Crippen LogP contribution in [0.15, 0.2) is 219 Å². The number of nitrogens with zero attached hydrogens (tertiary/aromatic N) is 8. The summed E-state index contributed by atoms with van der Waals surface area (Å²) in [6.45, 7) is 4.35. The van der Waals surface area contributed by atoms with E-state index in [0.717, 1.165) is 26.2 Å². The SMILES string of the molecule is [Br-].[Br-].[Br-].[Br-].c1cc2c3cc4c(cccc4cc3c1)Cn1c[n+](c3ccccc31)C[n+]1cn(c3ccccc31)Cc1cccc3cc4cccc(c4cc13)Cn1c[n+](c3ccccc31)C[n+]1cn(c3ccccc31)C2. The zero-order chi connectivity index (χ0) is 45.9. The van der Waals surface area contributed by atoms with E-state index in [0.29, 0.717) is 13.3 Å². The molecule has 0 radical (unpaired) electrons. The van der Waals surface area contributed by atoms with Crippen LogP contribution in [0.4, 0.5) is 0 Å². The van der Waals surface area contributed by atoms with Gasteiger partial charge in [-0.1, -0.05) is 121 Å². The van der Waals surface area contributed by atoms with Crippen LogP contribution in [0.5, 0.6) is 0 Å². The molecule has 74 heavy (non-hydrogen) atoms. The van der Waals surface area contributed by atoms with Gasteiger partial charge >= 0.3 is 0 Å². The molecule has 12 bridgehead atoms. The highest BCUT2D eigenvalue weighted by atomic mass is 79.9. The van der Waals surface area contributed by atoms with Crippen LogP contribution < -0.4 is 86.2 Å². The second kappa shape index (κ2) is 19.7. The van der Waals surface area contributed by atoms with Crippen LogP contribution in [-0.2, 0) is 39.5 Å². The Bertz CT molecular complexity index is 3910. The van der Waals surface area contributed by atoms with E-state index >= 15 is 0 Å². The molecule has 0 unspecified atom stereocenters. The summed E-state index contributed by atoms with van der Waals surface area (Å²) in [6, 6.07) is 72.3. The van der Waals surface area contributed by atoms with Gasteiger partial charge in [0.05, 0.1) is 0 Å². The third-order valence-corrected chi connectivity index (χ3v) is 15.2. The first-order chi connectivity index (χ1) is 34.6. The summed E-state index contributed by atoms with van der Waals surface area (Å²) in [7, 11) is 0. The largest absolute Gasteiger partial charge is 1.00 e. The second-order valence-corrected chi connectivity index (χ2v) is 19.3. The molecule has 10 aromatic carbocycles. The lowest BCUT2D eigenvalue weighted by atomic mass is 9.96. The molecule has 4 aromatic heterocycles. The topological polar surface area (TPSA) is 35.2 Å². The van der Waals surface area contributed by atoms with Crippen molar-refractivity contribution in [2.75, 3.05) is 0 Å². The molecule has 1 aliphatic heterocycles. The van der Waals surface area contributed by atoms with Crippen LogP contribution in [0, 0.1) is 0 Å². The van der Waals surface area contributed by atoms with E-state index < -0.39 is 0 Å². The second-order valence-electron chi connectivity index (χ2n) is 19.3. The Balaban J connectivity index is 0.00000147. The predicted molar refractivity (Wildman–Crippen MR) is 279 cm³/mol. The third-order valence-electron chi connectivity index (χ3n) is 15.2. The minimum Gasteiger partial charge on any atom is -1.00 e. The van der Waals surface area contributed by atoms with Crippen molar-refractivity contribution in [3.63, 3.8) is 0 Å². The van der Waals surface area contributed by atoms with Gasteiger partial charge in [0.1, 0.15) is 26.2 Å². The molecule has 0 amide bonds. The first-order valence-electron chi connectivity index (χ1n) is 24.4. The van der Waals surface area contributed by atoms with E-state index in [1.807, 2.05) is 0 Å². The Morgan fingerprint density at radius 1 is 0.257 bits per heavy atom. The van der Waals surface area contributed by atoms with Gasteiger partial charge in [-0.25, -0.2) is 18.3 Å². The summed E-state index contributed by atoms with van der Waals surface area (Å²) in [5, 5.41) is 10.2. The smallest absolute Gasteiger partial charge is 0.248 e. The highest BCUT2D eigenvalue weighted by molar-refractivity contribution is 6.02. The van der Waals surface area contributed by atoms with Crippen molar-refractivity contribution < 1.29 is 86.2 Å². The van der Waals surface area contributed by atoms with E-state index in [9.17, 15) is 0 Å². The molecule has 0 spiro atoms. The summed E-state index contributed by atoms with van der Waals surface area (Å²) >= 11 is 0. The fourth-order valence-electron chi connectivity index (χ4n) is 11.9. The zero-order valence-electron chi connectivity index (χ0n) is 40.1. The molecule has 5 heterocycles. The molecule has 15 rings (SSSR count). The lowest BCUT2D eigenvalue weighted by Gasteiger charge is -2.10. The number of para-hydroxylation sites is 8. The predicted octanol–water partition coefficient (Wildman–Crippen LogP) is -1.20. The highest BCUT2D eigenvalue weighted by Gasteiger charge is 2.25. The van der Waals surface area contributed by atoms with E-state index in [-0.39, 0.29) is 67.9 Å². The van der Waals surface area contributed by atoms with Gasteiger partial charge in [-0.05, 0) is 116 Å². The van der Waals surface area contributed by atoms with Gasteiger partial charge in [0.2, 0.25) is 38.6 Å². The summed E-state index contributed by atoms with van der Waals surface area (Å²) in [5.41, 5.74) is 14.9. The monoisotopic (exact) mass is 1220 g/mol. The van der Waals surface area contributed by atoms with Crippen LogP contribution in [0.2, 0.25) is 0 Å². The maximum atomic E-state index is 2.45. The number of halogens is 4. The lowest BCUT2D eigenvalue weighted by molar-refractivity contribution is -0.891. The maximum absolute atomic E-state index is 2.45. The van der Waals surface area contributed by atoms with Gasteiger partial charge < -0.3 is 67.9 Å². The molecule has 364 valence electrons. The highest BCUT2D eigenvalue weighted by Crippen LogP contribution is 2.32. The average Bonchev–Trinajstić information content (AvgIpc) is 4.14. The summed E-state index contributed by atoms with van der Waals surface area (Å²) in [5.74, 6) is 0. The van der Waals surface area contributed by atoms with Crippen molar-refractivity contribution in [2.24, 2.45) is 0 Å². The molecular weight excluding hydrogens is 1180 g/mol. The van der Waals surface area contributed by atoms with Crippen LogP contribution >= 0.6 is 0 Å². The number of hydrogen-bond acceptors (Lipinski definition) is 0. The Morgan fingerprint density at radius 2 is 0.500 bits per heavy atom. The molecule has 12 heteroatoms. The molecule has 8 nitrogen and oxygen atoms in total. The summed E-state index contributed by atoms with van der Waals surface area (Å²) in [4.78, 5) is 0. The van der Waals surface area contributed by atoms with Gasteiger partial charge in [0.25, 0.3) is 0 Å². The molecule has 0 atom stereocenters. The molecule has 0 fully saturated rings. The van der Waals surface area contributed by atoms with Crippen molar-refractivity contribution >= 4 is 87.2 Å². The molecular formula is C62H48Br4N8. The Kier molecular flexibility index (Phi) is 13.1. The zero-order valence-corrected chi connectivity index (χ0v) is 46.5. The number of benzene rings is 10. The minimum atomic E-state index is 0. The summed E-state index contributed by atoms with van der Waals surface area (Å²) in [6.07, 6.45) is 9.28. The number of hydrogen-bond donors (Lipinski definition) is 0. The standard InChI is InChI=1S/C62H48N8.4BrH/c1-5-25-59-55(21-1)63-33-47-17-9-13-43-29-44-14-10-18-48(52(44)31-51(43)47)35-65-39-69(61-27-7-3-23-57(61)65)42-70-40-66(58-24-4-8-28-62(58)70)36-50-20-12-16-46-30-45-15-11-19-49(53(45)32-54(46)50)34-64-38-68(41-67(59)37-63)60-26-6-2-22-56(60)64;;;;/h1-32,37-40H,33-36,41-42H2;4*1H/q+4;;;;/p-4. The number of aromatic nitrogens is 8.